The van der Waals surface area contributed by atoms with Crippen molar-refractivity contribution in [1.82, 2.24) is 0 Å². The second-order valence-electron chi connectivity index (χ2n) is 6.45. The quantitative estimate of drug-likeness (QED) is 0.291. The molecule has 0 aromatic heterocycles. The molecule has 1 N–H and O–H groups in total. The van der Waals surface area contributed by atoms with E-state index in [0.29, 0.717) is 12.1 Å². The first-order chi connectivity index (χ1) is 14.3. The molecule has 0 heterocycles. The lowest BCUT2D eigenvalue weighted by molar-refractivity contribution is -0.138. The predicted octanol–water partition coefficient (Wildman–Crippen LogP) is 6.04. The number of benzene rings is 3. The highest BCUT2D eigenvalue weighted by atomic mass is 32.2. The van der Waals surface area contributed by atoms with E-state index in [4.69, 9.17) is 0 Å². The molecule has 3 rings (SSSR count). The van der Waals surface area contributed by atoms with Crippen molar-refractivity contribution in [2.45, 2.75) is 18.0 Å². The lowest BCUT2D eigenvalue weighted by Gasteiger charge is -2.17. The van der Waals surface area contributed by atoms with Crippen LogP contribution in [0.15, 0.2) is 53.4 Å². The molecule has 31 heavy (non-hydrogen) atoms. The molecule has 0 bridgehead atoms. The zero-order chi connectivity index (χ0) is 23.1. The molecule has 0 atom stereocenters. The predicted molar refractivity (Wildman–Crippen MR) is 98.7 cm³/mol. The van der Waals surface area contributed by atoms with Crippen LogP contribution >= 0.6 is 0 Å². The number of halogens is 7. The minimum Gasteiger partial charge on any atom is -0.276 e. The highest BCUT2D eigenvalue weighted by molar-refractivity contribution is 7.92. The first kappa shape index (κ1) is 22.6. The number of rotatable bonds is 4. The monoisotopic (exact) mass is 463 g/mol. The van der Waals surface area contributed by atoms with Crippen molar-refractivity contribution in [3.8, 4) is 11.1 Å². The maximum atomic E-state index is 14.6. The summed E-state index contributed by atoms with van der Waals surface area (Å²) in [6, 6.07) is 8.36. The van der Waals surface area contributed by atoms with Crippen LogP contribution in [-0.2, 0) is 16.2 Å². The SMILES string of the molecule is Cc1cc(-c2c(F)c(F)c(F)c(F)c2NS(=O)(=O)c2ccccc2)ccc1C(F)(F)F. The number of sulfonamides is 1. The van der Waals surface area contributed by atoms with Crippen LogP contribution in [0, 0.1) is 30.2 Å². The number of aryl methyl sites for hydroxylation is 1. The molecule has 3 aromatic rings. The minimum atomic E-state index is -4.75. The van der Waals surface area contributed by atoms with E-state index in [0.717, 1.165) is 25.1 Å². The molecule has 0 aliphatic heterocycles. The van der Waals surface area contributed by atoms with Crippen LogP contribution in [0.4, 0.5) is 36.4 Å². The normalized spacial score (nSPS) is 12.1. The Morgan fingerprint density at radius 1 is 0.806 bits per heavy atom. The van der Waals surface area contributed by atoms with Crippen LogP contribution in [0.1, 0.15) is 11.1 Å². The lowest BCUT2D eigenvalue weighted by Crippen LogP contribution is -2.17. The molecule has 0 fully saturated rings. The van der Waals surface area contributed by atoms with Crippen LogP contribution in [-0.4, -0.2) is 8.42 Å². The highest BCUT2D eigenvalue weighted by Crippen LogP contribution is 2.40. The van der Waals surface area contributed by atoms with Gasteiger partial charge >= 0.3 is 6.18 Å². The molecule has 164 valence electrons. The lowest BCUT2D eigenvalue weighted by atomic mass is 9.97. The van der Waals surface area contributed by atoms with Gasteiger partial charge in [-0.05, 0) is 36.2 Å². The van der Waals surface area contributed by atoms with Gasteiger partial charge in [-0.25, -0.2) is 26.0 Å². The summed E-state index contributed by atoms with van der Waals surface area (Å²) >= 11 is 0. The van der Waals surface area contributed by atoms with Gasteiger partial charge in [0.2, 0.25) is 0 Å². The van der Waals surface area contributed by atoms with E-state index in [9.17, 15) is 39.2 Å². The fourth-order valence-electron chi connectivity index (χ4n) is 2.93. The van der Waals surface area contributed by atoms with E-state index in [1.54, 1.807) is 4.72 Å². The van der Waals surface area contributed by atoms with Gasteiger partial charge in [0.25, 0.3) is 10.0 Å². The molecular weight excluding hydrogens is 451 g/mol. The second-order valence-corrected chi connectivity index (χ2v) is 8.13. The van der Waals surface area contributed by atoms with E-state index < -0.39 is 72.3 Å². The van der Waals surface area contributed by atoms with Crippen molar-refractivity contribution < 1.29 is 39.2 Å². The third-order valence-electron chi connectivity index (χ3n) is 4.38. The average molecular weight is 463 g/mol. The molecule has 0 spiro atoms. The number of nitrogens with one attached hydrogen (secondary N) is 1. The zero-order valence-corrected chi connectivity index (χ0v) is 16.3. The van der Waals surface area contributed by atoms with Gasteiger partial charge in [0.1, 0.15) is 0 Å². The molecule has 0 amide bonds. The van der Waals surface area contributed by atoms with Gasteiger partial charge in [-0.2, -0.15) is 13.2 Å². The smallest absolute Gasteiger partial charge is 0.276 e. The van der Waals surface area contributed by atoms with Crippen LogP contribution in [0.3, 0.4) is 0 Å². The van der Waals surface area contributed by atoms with Gasteiger partial charge in [-0.15, -0.1) is 0 Å². The Labute approximate surface area is 172 Å². The number of anilines is 1. The topological polar surface area (TPSA) is 46.2 Å². The van der Waals surface area contributed by atoms with E-state index in [-0.39, 0.29) is 0 Å². The summed E-state index contributed by atoms with van der Waals surface area (Å²) in [5, 5.41) is 0. The fraction of sp³-hybridized carbons (Fsp3) is 0.100. The second kappa shape index (κ2) is 7.88. The van der Waals surface area contributed by atoms with Crippen LogP contribution < -0.4 is 4.72 Å². The van der Waals surface area contributed by atoms with Crippen molar-refractivity contribution in [3.63, 3.8) is 0 Å². The number of hydrogen-bond acceptors (Lipinski definition) is 2. The molecule has 3 aromatic carbocycles. The summed E-state index contributed by atoms with van der Waals surface area (Å²) in [6.07, 6.45) is -4.75. The molecule has 11 heteroatoms. The van der Waals surface area contributed by atoms with Crippen molar-refractivity contribution in [2.75, 3.05) is 4.72 Å². The number of alkyl halides is 3. The van der Waals surface area contributed by atoms with Gasteiger partial charge in [-0.3, -0.25) is 4.72 Å². The largest absolute Gasteiger partial charge is 0.416 e. The van der Waals surface area contributed by atoms with Crippen LogP contribution in [0.25, 0.3) is 11.1 Å². The Morgan fingerprint density at radius 2 is 1.39 bits per heavy atom. The molecule has 0 saturated heterocycles. The van der Waals surface area contributed by atoms with Gasteiger partial charge in [0, 0.05) is 5.56 Å². The molecule has 0 aliphatic rings. The summed E-state index contributed by atoms with van der Waals surface area (Å²) in [5.74, 6) is -8.54. The first-order valence-corrected chi connectivity index (χ1v) is 9.95. The molecule has 0 aliphatic carbocycles. The summed E-state index contributed by atoms with van der Waals surface area (Å²) < 4.78 is 123. The zero-order valence-electron chi connectivity index (χ0n) is 15.5. The van der Waals surface area contributed by atoms with Crippen LogP contribution in [0.5, 0.6) is 0 Å². The maximum absolute atomic E-state index is 14.6. The molecule has 0 radical (unpaired) electrons. The maximum Gasteiger partial charge on any atom is 0.416 e. The van der Waals surface area contributed by atoms with Crippen molar-refractivity contribution in [3.05, 3.63) is 82.9 Å². The Morgan fingerprint density at radius 3 is 1.94 bits per heavy atom. The average Bonchev–Trinajstić information content (AvgIpc) is 2.70. The summed E-state index contributed by atoms with van der Waals surface area (Å²) in [6.45, 7) is 1.02. The van der Waals surface area contributed by atoms with E-state index in [1.165, 1.54) is 18.2 Å². The van der Waals surface area contributed by atoms with Crippen molar-refractivity contribution in [2.24, 2.45) is 0 Å². The first-order valence-electron chi connectivity index (χ1n) is 8.46. The summed E-state index contributed by atoms with van der Waals surface area (Å²) in [7, 11) is -4.58. The highest BCUT2D eigenvalue weighted by Gasteiger charge is 2.34. The van der Waals surface area contributed by atoms with Gasteiger partial charge in [0.15, 0.2) is 23.3 Å². The van der Waals surface area contributed by atoms with E-state index in [1.807, 2.05) is 0 Å². The molecule has 3 nitrogen and oxygen atoms in total. The summed E-state index contributed by atoms with van der Waals surface area (Å²) in [4.78, 5) is -0.394. The van der Waals surface area contributed by atoms with Gasteiger partial charge in [0.05, 0.1) is 16.1 Å². The van der Waals surface area contributed by atoms with Gasteiger partial charge in [-0.1, -0.05) is 30.3 Å². The Hall–Kier alpha value is -3.08. The van der Waals surface area contributed by atoms with Gasteiger partial charge < -0.3 is 0 Å². The van der Waals surface area contributed by atoms with E-state index >= 15 is 0 Å². The molecular formula is C20H12F7NO2S. The standard InChI is InChI=1S/C20H12F7NO2S/c1-10-9-11(7-8-13(10)20(25,26)27)14-15(21)16(22)17(23)18(24)19(14)28-31(29,30)12-5-3-2-4-6-12/h2-9,28H,1H3. The Balaban J connectivity index is 2.26. The Bertz CT molecular complexity index is 1260. The van der Waals surface area contributed by atoms with Crippen molar-refractivity contribution in [1.29, 1.82) is 0 Å². The Kier molecular flexibility index (Phi) is 5.74. The van der Waals surface area contributed by atoms with Crippen LogP contribution in [0.2, 0.25) is 0 Å². The molecule has 0 unspecified atom stereocenters. The third-order valence-corrected chi connectivity index (χ3v) is 5.74. The van der Waals surface area contributed by atoms with Crippen molar-refractivity contribution >= 4 is 15.7 Å². The minimum absolute atomic E-state index is 0.394. The number of hydrogen-bond donors (Lipinski definition) is 1. The summed E-state index contributed by atoms with van der Waals surface area (Å²) in [5.41, 5.74) is -4.36. The molecule has 0 saturated carbocycles. The van der Waals surface area contributed by atoms with E-state index in [2.05, 4.69) is 0 Å². The fourth-order valence-corrected chi connectivity index (χ4v) is 4.02. The third kappa shape index (κ3) is 4.22.